The van der Waals surface area contributed by atoms with E-state index in [1.165, 1.54) is 13.2 Å². The Morgan fingerprint density at radius 1 is 1.27 bits per heavy atom. The number of aryl methyl sites for hydroxylation is 1. The number of benzene rings is 1. The average molecular weight is 361 g/mol. The molecule has 0 bridgehead atoms. The quantitative estimate of drug-likeness (QED) is 0.600. The Morgan fingerprint density at radius 3 is 2.65 bits per heavy atom. The lowest BCUT2D eigenvalue weighted by Gasteiger charge is -2.21. The second-order valence-electron chi connectivity index (χ2n) is 6.15. The van der Waals surface area contributed by atoms with E-state index in [0.717, 1.165) is 10.9 Å². The van der Waals surface area contributed by atoms with Crippen molar-refractivity contribution in [2.45, 2.75) is 33.2 Å². The van der Waals surface area contributed by atoms with E-state index in [2.05, 4.69) is 5.32 Å². The molecule has 2 atom stereocenters. The molecular formula is C19H23NO6. The van der Waals surface area contributed by atoms with Crippen molar-refractivity contribution in [3.05, 3.63) is 40.2 Å². The lowest BCUT2D eigenvalue weighted by atomic mass is 9.99. The summed E-state index contributed by atoms with van der Waals surface area (Å²) < 4.78 is 15.3. The minimum Gasteiger partial charge on any atom is -0.484 e. The van der Waals surface area contributed by atoms with Crippen LogP contribution in [-0.2, 0) is 14.3 Å². The summed E-state index contributed by atoms with van der Waals surface area (Å²) in [7, 11) is 1.28. The zero-order valence-electron chi connectivity index (χ0n) is 15.3. The Labute approximate surface area is 151 Å². The summed E-state index contributed by atoms with van der Waals surface area (Å²) in [5.41, 5.74) is 0.745. The second kappa shape index (κ2) is 8.51. The number of fused-ring (bicyclic) bond motifs is 1. The molecule has 1 amide bonds. The lowest BCUT2D eigenvalue weighted by molar-refractivity contribution is -0.146. The molecule has 1 aromatic carbocycles. The monoisotopic (exact) mass is 361 g/mol. The number of rotatable bonds is 7. The number of hydrogen-bond donors (Lipinski definition) is 1. The molecule has 140 valence electrons. The molecule has 0 radical (unpaired) electrons. The van der Waals surface area contributed by atoms with Gasteiger partial charge in [-0.15, -0.1) is 0 Å². The summed E-state index contributed by atoms with van der Waals surface area (Å²) in [6, 6.07) is 5.70. The van der Waals surface area contributed by atoms with Gasteiger partial charge in [-0.25, -0.2) is 9.59 Å². The van der Waals surface area contributed by atoms with Gasteiger partial charge in [-0.1, -0.05) is 20.3 Å². The molecule has 0 aliphatic carbocycles. The number of amides is 1. The van der Waals surface area contributed by atoms with Crippen LogP contribution in [0.4, 0.5) is 0 Å². The Balaban J connectivity index is 2.05. The van der Waals surface area contributed by atoms with Crippen LogP contribution in [0.2, 0.25) is 0 Å². The third-order valence-corrected chi connectivity index (χ3v) is 4.28. The number of ether oxygens (including phenoxy) is 2. The van der Waals surface area contributed by atoms with Gasteiger partial charge in [0.25, 0.3) is 5.91 Å². The molecule has 0 aliphatic rings. The van der Waals surface area contributed by atoms with Gasteiger partial charge in [-0.2, -0.15) is 0 Å². The van der Waals surface area contributed by atoms with Crippen molar-refractivity contribution in [1.82, 2.24) is 5.32 Å². The highest BCUT2D eigenvalue weighted by molar-refractivity contribution is 5.85. The van der Waals surface area contributed by atoms with Crippen molar-refractivity contribution in [1.29, 1.82) is 0 Å². The van der Waals surface area contributed by atoms with E-state index in [1.54, 1.807) is 18.2 Å². The highest BCUT2D eigenvalue weighted by atomic mass is 16.5. The highest BCUT2D eigenvalue weighted by Gasteiger charge is 2.26. The van der Waals surface area contributed by atoms with E-state index in [0.29, 0.717) is 17.8 Å². The van der Waals surface area contributed by atoms with E-state index in [1.807, 2.05) is 20.8 Å². The SMILES string of the molecule is CC[C@@H](C)[C@H](NC(=O)COc1ccc2c(C)cc(=O)oc2c1)C(=O)OC. The molecule has 0 aliphatic heterocycles. The molecule has 7 heteroatoms. The molecule has 0 unspecified atom stereocenters. The first-order chi connectivity index (χ1) is 12.3. The smallest absolute Gasteiger partial charge is 0.336 e. The van der Waals surface area contributed by atoms with Gasteiger partial charge in [0.05, 0.1) is 7.11 Å². The molecule has 0 fully saturated rings. The molecule has 0 spiro atoms. The first kappa shape index (κ1) is 19.5. The van der Waals surface area contributed by atoms with E-state index in [-0.39, 0.29) is 12.5 Å². The normalized spacial score (nSPS) is 13.1. The van der Waals surface area contributed by atoms with Gasteiger partial charge >= 0.3 is 11.6 Å². The van der Waals surface area contributed by atoms with Crippen LogP contribution in [0.5, 0.6) is 5.75 Å². The predicted molar refractivity (Wildman–Crippen MR) is 96.1 cm³/mol. The van der Waals surface area contributed by atoms with Crippen LogP contribution in [-0.4, -0.2) is 31.6 Å². The molecule has 1 aromatic heterocycles. The van der Waals surface area contributed by atoms with E-state index in [9.17, 15) is 14.4 Å². The van der Waals surface area contributed by atoms with Crippen LogP contribution in [0.15, 0.2) is 33.5 Å². The number of methoxy groups -OCH3 is 1. The maximum absolute atomic E-state index is 12.1. The molecule has 1 N–H and O–H groups in total. The van der Waals surface area contributed by atoms with Crippen LogP contribution in [0.3, 0.4) is 0 Å². The molecule has 0 saturated carbocycles. The number of hydrogen-bond acceptors (Lipinski definition) is 6. The molecule has 2 rings (SSSR count). The number of esters is 1. The number of carbonyl (C=O) groups is 2. The Kier molecular flexibility index (Phi) is 6.38. The molecule has 2 aromatic rings. The second-order valence-corrected chi connectivity index (χ2v) is 6.15. The van der Waals surface area contributed by atoms with Gasteiger partial charge < -0.3 is 19.2 Å². The molecule has 0 saturated heterocycles. The topological polar surface area (TPSA) is 94.8 Å². The summed E-state index contributed by atoms with van der Waals surface area (Å²) in [5, 5.41) is 3.43. The van der Waals surface area contributed by atoms with Gasteiger partial charge in [0, 0.05) is 17.5 Å². The van der Waals surface area contributed by atoms with Crippen LogP contribution >= 0.6 is 0 Å². The zero-order valence-corrected chi connectivity index (χ0v) is 15.3. The standard InChI is InChI=1S/C19H23NO6/c1-5-11(2)18(19(23)24-4)20-16(21)10-25-13-6-7-14-12(3)8-17(22)26-15(14)9-13/h6-9,11,18H,5,10H2,1-4H3,(H,20,21)/t11-,18+/m1/s1. The fraction of sp³-hybridized carbons (Fsp3) is 0.421. The summed E-state index contributed by atoms with van der Waals surface area (Å²) in [6.07, 6.45) is 0.712. The maximum Gasteiger partial charge on any atom is 0.336 e. The van der Waals surface area contributed by atoms with E-state index in [4.69, 9.17) is 13.9 Å². The van der Waals surface area contributed by atoms with Gasteiger partial charge in [-0.05, 0) is 30.5 Å². The van der Waals surface area contributed by atoms with Crippen molar-refractivity contribution >= 4 is 22.8 Å². The predicted octanol–water partition coefficient (Wildman–Crippen LogP) is 2.18. The summed E-state index contributed by atoms with van der Waals surface area (Å²) >= 11 is 0. The third kappa shape index (κ3) is 4.62. The Bertz CT molecular complexity index is 857. The van der Waals surface area contributed by atoms with Crippen LogP contribution in [0.25, 0.3) is 11.0 Å². The maximum atomic E-state index is 12.1. The van der Waals surface area contributed by atoms with E-state index < -0.39 is 23.5 Å². The number of carbonyl (C=O) groups excluding carboxylic acids is 2. The summed E-state index contributed by atoms with van der Waals surface area (Å²) in [4.78, 5) is 35.4. The fourth-order valence-corrected chi connectivity index (χ4v) is 2.56. The summed E-state index contributed by atoms with van der Waals surface area (Å²) in [6.45, 7) is 5.32. The Morgan fingerprint density at radius 2 is 2.00 bits per heavy atom. The number of nitrogens with one attached hydrogen (secondary N) is 1. The minimum atomic E-state index is -0.724. The zero-order chi connectivity index (χ0) is 19.3. The van der Waals surface area contributed by atoms with Crippen molar-refractivity contribution in [2.24, 2.45) is 5.92 Å². The van der Waals surface area contributed by atoms with Crippen molar-refractivity contribution in [3.63, 3.8) is 0 Å². The van der Waals surface area contributed by atoms with Crippen LogP contribution in [0, 0.1) is 12.8 Å². The Hall–Kier alpha value is -2.83. The first-order valence-electron chi connectivity index (χ1n) is 8.40. The van der Waals surface area contributed by atoms with Crippen molar-refractivity contribution in [3.8, 4) is 5.75 Å². The molecule has 1 heterocycles. The van der Waals surface area contributed by atoms with Crippen molar-refractivity contribution in [2.75, 3.05) is 13.7 Å². The van der Waals surface area contributed by atoms with Gasteiger partial charge in [0.15, 0.2) is 6.61 Å². The van der Waals surface area contributed by atoms with Gasteiger partial charge in [0.1, 0.15) is 17.4 Å². The van der Waals surface area contributed by atoms with Gasteiger partial charge in [0.2, 0.25) is 0 Å². The first-order valence-corrected chi connectivity index (χ1v) is 8.40. The lowest BCUT2D eigenvalue weighted by Crippen LogP contribution is -2.47. The molecular weight excluding hydrogens is 338 g/mol. The van der Waals surface area contributed by atoms with Gasteiger partial charge in [-0.3, -0.25) is 4.79 Å². The average Bonchev–Trinajstić information content (AvgIpc) is 2.62. The molecule has 26 heavy (non-hydrogen) atoms. The van der Waals surface area contributed by atoms with Crippen molar-refractivity contribution < 1.29 is 23.5 Å². The third-order valence-electron chi connectivity index (χ3n) is 4.28. The minimum absolute atomic E-state index is 0.0654. The summed E-state index contributed by atoms with van der Waals surface area (Å²) in [5.74, 6) is -0.606. The van der Waals surface area contributed by atoms with Crippen LogP contribution < -0.4 is 15.7 Å². The highest BCUT2D eigenvalue weighted by Crippen LogP contribution is 2.22. The molecule has 7 nitrogen and oxygen atoms in total. The largest absolute Gasteiger partial charge is 0.484 e. The van der Waals surface area contributed by atoms with E-state index >= 15 is 0 Å². The van der Waals surface area contributed by atoms with Crippen LogP contribution in [0.1, 0.15) is 25.8 Å². The fourth-order valence-electron chi connectivity index (χ4n) is 2.56.